The third-order valence-electron chi connectivity index (χ3n) is 5.31. The molecule has 2 N–H and O–H groups in total. The minimum atomic E-state index is -0.0186. The van der Waals surface area contributed by atoms with Crippen LogP contribution in [0.1, 0.15) is 24.5 Å². The number of aromatic nitrogens is 2. The second-order valence-electron chi connectivity index (χ2n) is 7.47. The maximum absolute atomic E-state index is 12.6. The molecule has 1 aliphatic heterocycles. The Morgan fingerprint density at radius 2 is 2.24 bits per heavy atom. The van der Waals surface area contributed by atoms with Gasteiger partial charge in [-0.05, 0) is 60.7 Å². The highest BCUT2D eigenvalue weighted by molar-refractivity contribution is 5.81. The largest absolute Gasteiger partial charge is 0.497 e. The fraction of sp³-hybridized carbons (Fsp3) is 0.304. The zero-order valence-corrected chi connectivity index (χ0v) is 16.8. The first-order valence-electron chi connectivity index (χ1n) is 9.93. The van der Waals surface area contributed by atoms with Crippen LogP contribution in [0, 0.1) is 0 Å². The van der Waals surface area contributed by atoms with E-state index >= 15 is 0 Å². The zero-order chi connectivity index (χ0) is 20.2. The maximum atomic E-state index is 12.6. The molecule has 0 fully saturated rings. The van der Waals surface area contributed by atoms with Crippen molar-refractivity contribution in [2.75, 3.05) is 20.2 Å². The van der Waals surface area contributed by atoms with Gasteiger partial charge in [0.15, 0.2) is 0 Å². The molecule has 150 valence electrons. The van der Waals surface area contributed by atoms with Gasteiger partial charge in [0.05, 0.1) is 7.11 Å². The van der Waals surface area contributed by atoms with Crippen LogP contribution in [-0.2, 0) is 6.42 Å². The van der Waals surface area contributed by atoms with Crippen LogP contribution >= 0.6 is 0 Å². The lowest BCUT2D eigenvalue weighted by Crippen LogP contribution is -2.46. The van der Waals surface area contributed by atoms with Gasteiger partial charge in [0, 0.05) is 36.9 Å². The molecule has 0 saturated heterocycles. The van der Waals surface area contributed by atoms with E-state index in [1.54, 1.807) is 7.11 Å². The Morgan fingerprint density at radius 1 is 1.34 bits per heavy atom. The first-order valence-corrected chi connectivity index (χ1v) is 9.93. The monoisotopic (exact) mass is 390 g/mol. The van der Waals surface area contributed by atoms with Crippen LogP contribution < -0.4 is 10.1 Å². The molecule has 3 heterocycles. The van der Waals surface area contributed by atoms with Crippen LogP contribution in [0.2, 0.25) is 0 Å². The second kappa shape index (κ2) is 8.39. The Labute approximate surface area is 170 Å². The smallest absolute Gasteiger partial charge is 0.317 e. The molecule has 3 aromatic rings. The number of H-pyrrole nitrogens is 1. The molecule has 0 radical (unpaired) electrons. The third kappa shape index (κ3) is 4.42. The van der Waals surface area contributed by atoms with Crippen molar-refractivity contribution in [1.82, 2.24) is 20.2 Å². The second-order valence-corrected chi connectivity index (χ2v) is 7.47. The molecule has 0 spiro atoms. The normalized spacial score (nSPS) is 15.1. The van der Waals surface area contributed by atoms with Crippen LogP contribution in [-0.4, -0.2) is 47.1 Å². The fourth-order valence-electron chi connectivity index (χ4n) is 3.74. The highest BCUT2D eigenvalue weighted by Gasteiger charge is 2.19. The van der Waals surface area contributed by atoms with Crippen molar-refractivity contribution in [3.63, 3.8) is 0 Å². The van der Waals surface area contributed by atoms with Gasteiger partial charge in [0.2, 0.25) is 0 Å². The summed E-state index contributed by atoms with van der Waals surface area (Å²) in [7, 11) is 1.66. The van der Waals surface area contributed by atoms with E-state index in [4.69, 9.17) is 4.74 Å². The topological polar surface area (TPSA) is 70.2 Å². The Kier molecular flexibility index (Phi) is 5.51. The lowest BCUT2D eigenvalue weighted by atomic mass is 10.0. The van der Waals surface area contributed by atoms with Gasteiger partial charge in [-0.25, -0.2) is 9.78 Å². The number of rotatable bonds is 5. The summed E-state index contributed by atoms with van der Waals surface area (Å²) in [4.78, 5) is 22.1. The Hall–Kier alpha value is -3.28. The fourth-order valence-corrected chi connectivity index (χ4v) is 3.74. The Morgan fingerprint density at radius 3 is 3.03 bits per heavy atom. The van der Waals surface area contributed by atoms with Gasteiger partial charge in [0.25, 0.3) is 0 Å². The number of fused-ring (bicyclic) bond motifs is 1. The van der Waals surface area contributed by atoms with E-state index in [9.17, 15) is 4.79 Å². The minimum absolute atomic E-state index is 0.0186. The van der Waals surface area contributed by atoms with Crippen molar-refractivity contribution < 1.29 is 9.53 Å². The molecule has 1 aromatic carbocycles. The summed E-state index contributed by atoms with van der Waals surface area (Å²) >= 11 is 0. The number of hydrogen-bond donors (Lipinski definition) is 2. The number of hydrogen-bond acceptors (Lipinski definition) is 3. The number of pyridine rings is 1. The predicted octanol–water partition coefficient (Wildman–Crippen LogP) is 4.00. The van der Waals surface area contributed by atoms with Crippen molar-refractivity contribution in [3.05, 3.63) is 66.0 Å². The first-order chi connectivity index (χ1) is 14.1. The summed E-state index contributed by atoms with van der Waals surface area (Å²) in [6, 6.07) is 12.2. The minimum Gasteiger partial charge on any atom is -0.497 e. The summed E-state index contributed by atoms with van der Waals surface area (Å²) in [5.74, 6) is 0.835. The summed E-state index contributed by atoms with van der Waals surface area (Å²) in [6.45, 7) is 3.34. The Balaban J connectivity index is 1.34. The summed E-state index contributed by atoms with van der Waals surface area (Å²) < 4.78 is 5.27. The SMILES string of the molecule is COc1cccc(CC(C)NC(=O)N2CC=C(c3cnc4[nH]ccc4c3)CC2)c1. The van der Waals surface area contributed by atoms with Crippen molar-refractivity contribution in [2.24, 2.45) is 0 Å². The Bertz CT molecular complexity index is 1040. The molecule has 0 saturated carbocycles. The molecule has 1 atom stereocenters. The van der Waals surface area contributed by atoms with Gasteiger partial charge < -0.3 is 19.9 Å². The molecule has 0 aliphatic carbocycles. The number of ether oxygens (including phenoxy) is 1. The number of nitrogens with zero attached hydrogens (tertiary/aromatic N) is 2. The number of carbonyl (C=O) groups is 1. The summed E-state index contributed by atoms with van der Waals surface area (Å²) in [5.41, 5.74) is 4.42. The molecule has 4 rings (SSSR count). The molecule has 6 nitrogen and oxygen atoms in total. The number of methoxy groups -OCH3 is 1. The highest BCUT2D eigenvalue weighted by atomic mass is 16.5. The van der Waals surface area contributed by atoms with Gasteiger partial charge in [-0.1, -0.05) is 18.2 Å². The van der Waals surface area contributed by atoms with E-state index in [2.05, 4.69) is 33.5 Å². The molecule has 2 aromatic heterocycles. The summed E-state index contributed by atoms with van der Waals surface area (Å²) in [6.07, 6.45) is 7.52. The number of carbonyl (C=O) groups excluding carboxylic acids is 1. The standard InChI is InChI=1S/C23H26N4O2/c1-16(12-17-4-3-5-21(13-17)29-2)26-23(28)27-10-7-18(8-11-27)20-14-19-6-9-24-22(19)25-15-20/h3-7,9,13-16H,8,10-12H2,1-2H3,(H,24,25)(H,26,28). The van der Waals surface area contributed by atoms with Gasteiger partial charge in [-0.15, -0.1) is 0 Å². The molecule has 1 unspecified atom stereocenters. The van der Waals surface area contributed by atoms with Gasteiger partial charge in [0.1, 0.15) is 11.4 Å². The van der Waals surface area contributed by atoms with Crippen molar-refractivity contribution >= 4 is 22.6 Å². The van der Waals surface area contributed by atoms with Crippen LogP contribution in [0.5, 0.6) is 5.75 Å². The van der Waals surface area contributed by atoms with Crippen LogP contribution in [0.3, 0.4) is 0 Å². The average molecular weight is 390 g/mol. The van der Waals surface area contributed by atoms with E-state index in [0.29, 0.717) is 13.1 Å². The van der Waals surface area contributed by atoms with Gasteiger partial charge >= 0.3 is 6.03 Å². The molecule has 0 bridgehead atoms. The van der Waals surface area contributed by atoms with Crippen molar-refractivity contribution in [2.45, 2.75) is 25.8 Å². The van der Waals surface area contributed by atoms with Gasteiger partial charge in [-0.2, -0.15) is 0 Å². The lowest BCUT2D eigenvalue weighted by molar-refractivity contribution is 0.199. The molecular weight excluding hydrogens is 364 g/mol. The molecule has 2 amide bonds. The lowest BCUT2D eigenvalue weighted by Gasteiger charge is -2.28. The predicted molar refractivity (Wildman–Crippen MR) is 115 cm³/mol. The van der Waals surface area contributed by atoms with E-state index in [1.807, 2.05) is 48.5 Å². The average Bonchev–Trinajstić information content (AvgIpc) is 3.21. The van der Waals surface area contributed by atoms with E-state index in [0.717, 1.165) is 40.8 Å². The maximum Gasteiger partial charge on any atom is 0.317 e. The zero-order valence-electron chi connectivity index (χ0n) is 16.8. The van der Waals surface area contributed by atoms with Crippen molar-refractivity contribution in [1.29, 1.82) is 0 Å². The molecule has 29 heavy (non-hydrogen) atoms. The van der Waals surface area contributed by atoms with Crippen LogP contribution in [0.15, 0.2) is 54.9 Å². The van der Waals surface area contributed by atoms with Gasteiger partial charge in [-0.3, -0.25) is 0 Å². The molecule has 6 heteroatoms. The molecule has 1 aliphatic rings. The number of aromatic amines is 1. The number of benzene rings is 1. The van der Waals surface area contributed by atoms with E-state index in [1.165, 1.54) is 5.57 Å². The number of amides is 2. The summed E-state index contributed by atoms with van der Waals surface area (Å²) in [5, 5.41) is 4.22. The number of urea groups is 1. The quantitative estimate of drug-likeness (QED) is 0.692. The highest BCUT2D eigenvalue weighted by Crippen LogP contribution is 2.24. The van der Waals surface area contributed by atoms with E-state index in [-0.39, 0.29) is 12.1 Å². The molecular formula is C23H26N4O2. The third-order valence-corrected chi connectivity index (χ3v) is 5.31. The van der Waals surface area contributed by atoms with Crippen LogP contribution in [0.25, 0.3) is 16.6 Å². The van der Waals surface area contributed by atoms with E-state index < -0.39 is 0 Å². The van der Waals surface area contributed by atoms with Crippen molar-refractivity contribution in [3.8, 4) is 5.75 Å². The first kappa shape index (κ1) is 19.1. The van der Waals surface area contributed by atoms with Crippen LogP contribution in [0.4, 0.5) is 4.79 Å². The number of nitrogens with one attached hydrogen (secondary N) is 2.